The van der Waals surface area contributed by atoms with Crippen molar-refractivity contribution in [3.8, 4) is 0 Å². The zero-order chi connectivity index (χ0) is 18.8. The van der Waals surface area contributed by atoms with Gasteiger partial charge in [0.15, 0.2) is 0 Å². The predicted octanol–water partition coefficient (Wildman–Crippen LogP) is 4.13. The molecule has 2 aromatic heterocycles. The number of nitrogens with one attached hydrogen (secondary N) is 2. The number of para-hydroxylation sites is 2. The van der Waals surface area contributed by atoms with E-state index in [0.717, 1.165) is 46.8 Å². The Labute approximate surface area is 163 Å². The summed E-state index contributed by atoms with van der Waals surface area (Å²) in [6, 6.07) is 14.1. The highest BCUT2D eigenvalue weighted by atomic mass is 16.2. The van der Waals surface area contributed by atoms with E-state index in [0.29, 0.717) is 11.1 Å². The third-order valence-corrected chi connectivity index (χ3v) is 5.89. The van der Waals surface area contributed by atoms with Crippen molar-refractivity contribution in [2.24, 2.45) is 0 Å². The van der Waals surface area contributed by atoms with Crippen LogP contribution < -0.4 is 5.32 Å². The molecule has 0 unspecified atom stereocenters. The van der Waals surface area contributed by atoms with Gasteiger partial charge in [0.25, 0.3) is 11.8 Å². The zero-order valence-corrected chi connectivity index (χ0v) is 15.1. The van der Waals surface area contributed by atoms with Gasteiger partial charge in [0.1, 0.15) is 0 Å². The maximum absolute atomic E-state index is 12.9. The Hall–Kier alpha value is -3.60. The number of carbonyl (C=O) groups is 2. The molecule has 28 heavy (non-hydrogen) atoms. The van der Waals surface area contributed by atoms with Crippen LogP contribution >= 0.6 is 0 Å². The summed E-state index contributed by atoms with van der Waals surface area (Å²) in [6.07, 6.45) is 5.98. The number of nitrogens with zero attached hydrogens (tertiary/aromatic N) is 1. The molecule has 2 aliphatic rings. The Bertz CT molecular complexity index is 1360. The molecule has 0 bridgehead atoms. The van der Waals surface area contributed by atoms with Crippen molar-refractivity contribution in [2.75, 3.05) is 0 Å². The lowest BCUT2D eigenvalue weighted by atomic mass is 9.94. The van der Waals surface area contributed by atoms with Crippen LogP contribution in [0.3, 0.4) is 0 Å². The molecule has 4 aromatic rings. The molecule has 5 nitrogen and oxygen atoms in total. The fourth-order valence-corrected chi connectivity index (χ4v) is 4.70. The van der Waals surface area contributed by atoms with Crippen LogP contribution in [0.5, 0.6) is 0 Å². The second-order valence-electron chi connectivity index (χ2n) is 7.43. The summed E-state index contributed by atoms with van der Waals surface area (Å²) in [6.45, 7) is 0.929. The number of carbonyl (C=O) groups excluding carboxylic acids is 2. The number of rotatable bonds is 2. The Morgan fingerprint density at radius 3 is 2.57 bits per heavy atom. The molecule has 4 heterocycles. The molecule has 6 rings (SSSR count). The Morgan fingerprint density at radius 2 is 1.68 bits per heavy atom. The van der Waals surface area contributed by atoms with Crippen LogP contribution in [0.4, 0.5) is 0 Å². The summed E-state index contributed by atoms with van der Waals surface area (Å²) in [5, 5.41) is 4.49. The Kier molecular flexibility index (Phi) is 3.01. The van der Waals surface area contributed by atoms with Gasteiger partial charge in [0.05, 0.1) is 16.7 Å². The van der Waals surface area contributed by atoms with E-state index in [-0.39, 0.29) is 14.7 Å². The molecule has 2 amide bonds. The number of hydrogen-bond donors (Lipinski definition) is 2. The molecule has 0 saturated heterocycles. The van der Waals surface area contributed by atoms with Crippen LogP contribution in [0.1, 0.15) is 26.0 Å². The minimum Gasteiger partial charge on any atom is -0.361 e. The third-order valence-electron chi connectivity index (χ3n) is 5.89. The molecule has 140 valence electrons. The number of imide groups is 1. The molecule has 2 aliphatic heterocycles. The first kappa shape index (κ1) is 15.5. The average Bonchev–Trinajstić information content (AvgIpc) is 3.37. The summed E-state index contributed by atoms with van der Waals surface area (Å²) in [5.74, 6) is -0.661. The lowest BCUT2D eigenvalue weighted by molar-refractivity contribution is -0.122. The lowest BCUT2D eigenvalue weighted by Crippen LogP contribution is -2.22. The van der Waals surface area contributed by atoms with Crippen molar-refractivity contribution in [2.45, 2.75) is 19.4 Å². The largest absolute Gasteiger partial charge is 0.361 e. The fraction of sp³-hybridized carbons (Fsp3) is 0.130. The smallest absolute Gasteiger partial charge is 0.259 e. The van der Waals surface area contributed by atoms with E-state index in [1.54, 1.807) is 0 Å². The first-order valence-corrected chi connectivity index (χ1v) is 9.50. The molecule has 5 heteroatoms. The molecule has 0 aliphatic carbocycles. The third kappa shape index (κ3) is 1.96. The predicted molar refractivity (Wildman–Crippen MR) is 113 cm³/mol. The molecular weight excluding hydrogens is 350 g/mol. The highest BCUT2D eigenvalue weighted by Gasteiger charge is 2.35. The van der Waals surface area contributed by atoms with Crippen LogP contribution in [-0.2, 0) is 22.6 Å². The Morgan fingerprint density at radius 1 is 0.893 bits per heavy atom. The van der Waals surface area contributed by atoms with Crippen molar-refractivity contribution in [1.29, 1.82) is 0 Å². The van der Waals surface area contributed by atoms with Gasteiger partial charge < -0.3 is 9.55 Å². The van der Waals surface area contributed by atoms with Gasteiger partial charge in [-0.3, -0.25) is 14.9 Å². The fourth-order valence-electron chi connectivity index (χ4n) is 4.70. The Balaban J connectivity index is 0.00000109. The van der Waals surface area contributed by atoms with E-state index in [9.17, 15) is 9.59 Å². The van der Waals surface area contributed by atoms with E-state index in [1.165, 1.54) is 11.1 Å². The number of benzene rings is 2. The van der Waals surface area contributed by atoms with Crippen LogP contribution in [0.15, 0.2) is 54.9 Å². The summed E-state index contributed by atoms with van der Waals surface area (Å²) < 4.78 is 2.22. The highest BCUT2D eigenvalue weighted by molar-refractivity contribution is 6.50. The van der Waals surface area contributed by atoms with Crippen molar-refractivity contribution in [3.63, 3.8) is 0 Å². The number of aryl methyl sites for hydroxylation is 2. The molecule has 2 N–H and O–H groups in total. The first-order valence-electron chi connectivity index (χ1n) is 9.50. The van der Waals surface area contributed by atoms with Crippen LogP contribution in [0, 0.1) is 0 Å². The van der Waals surface area contributed by atoms with Crippen molar-refractivity contribution < 1.29 is 12.4 Å². The van der Waals surface area contributed by atoms with Gasteiger partial charge >= 0.3 is 0 Å². The van der Waals surface area contributed by atoms with Gasteiger partial charge in [0, 0.05) is 49.2 Å². The summed E-state index contributed by atoms with van der Waals surface area (Å²) in [7, 11) is 0. The number of aromatic nitrogens is 2. The normalized spacial score (nSPS) is 16.4. The van der Waals surface area contributed by atoms with Gasteiger partial charge in [-0.1, -0.05) is 36.4 Å². The van der Waals surface area contributed by atoms with Crippen LogP contribution in [0.2, 0.25) is 0 Å². The maximum atomic E-state index is 12.9. The minimum atomic E-state index is -0.336. The van der Waals surface area contributed by atoms with Gasteiger partial charge in [-0.2, -0.15) is 0 Å². The van der Waals surface area contributed by atoms with Gasteiger partial charge in [-0.15, -0.1) is 0 Å². The van der Waals surface area contributed by atoms with Crippen LogP contribution in [-0.4, -0.2) is 21.4 Å². The number of H-pyrrole nitrogens is 1. The van der Waals surface area contributed by atoms with Crippen molar-refractivity contribution >= 4 is 44.8 Å². The minimum absolute atomic E-state index is 0. The topological polar surface area (TPSA) is 66.9 Å². The first-order chi connectivity index (χ1) is 13.7. The number of amides is 2. The van der Waals surface area contributed by atoms with Gasteiger partial charge in [-0.25, -0.2) is 0 Å². The quantitative estimate of drug-likeness (QED) is 0.520. The monoisotopic (exact) mass is 371 g/mol. The summed E-state index contributed by atoms with van der Waals surface area (Å²) in [4.78, 5) is 28.9. The maximum Gasteiger partial charge on any atom is 0.259 e. The van der Waals surface area contributed by atoms with E-state index in [1.807, 2.05) is 48.8 Å². The van der Waals surface area contributed by atoms with Crippen molar-refractivity contribution in [3.05, 3.63) is 71.5 Å². The second-order valence-corrected chi connectivity index (χ2v) is 7.43. The molecule has 0 saturated carbocycles. The lowest BCUT2D eigenvalue weighted by Gasteiger charge is -2.14. The van der Waals surface area contributed by atoms with Crippen molar-refractivity contribution in [1.82, 2.24) is 14.9 Å². The molecule has 2 aromatic carbocycles. The van der Waals surface area contributed by atoms with E-state index in [4.69, 9.17) is 0 Å². The SMILES string of the molecule is O=C1NC(=O)C(c2cn3c4c(cccc24)CCC3)=C1c1c[nH]c2ccccc12.[HH].[HH]. The van der Waals surface area contributed by atoms with Gasteiger partial charge in [-0.05, 0) is 24.5 Å². The molecule has 0 atom stereocenters. The zero-order valence-electron chi connectivity index (χ0n) is 15.1. The average molecular weight is 371 g/mol. The summed E-state index contributed by atoms with van der Waals surface area (Å²) >= 11 is 0. The standard InChI is InChI=1S/C23H17N3O2.2H2/c27-22-19(16-11-24-18-9-2-1-7-14(16)18)20(23(28)25-22)17-12-26-10-4-6-13-5-3-8-15(17)21(13)26;;/h1-3,5,7-9,11-12,24H,4,6,10H2,(H,25,27,28);2*1H. The molecule has 0 radical (unpaired) electrons. The number of hydrogen-bond acceptors (Lipinski definition) is 2. The second kappa shape index (κ2) is 5.45. The number of aromatic amines is 1. The molecule has 0 spiro atoms. The van der Waals surface area contributed by atoms with Gasteiger partial charge in [0.2, 0.25) is 0 Å². The number of fused-ring (bicyclic) bond motifs is 1. The summed E-state index contributed by atoms with van der Waals surface area (Å²) in [5.41, 5.74) is 5.95. The van der Waals surface area contributed by atoms with E-state index in [2.05, 4.69) is 20.9 Å². The van der Waals surface area contributed by atoms with E-state index < -0.39 is 0 Å². The molecular formula is C23H21N3O2. The van der Waals surface area contributed by atoms with E-state index >= 15 is 0 Å². The van der Waals surface area contributed by atoms with Crippen LogP contribution in [0.25, 0.3) is 33.0 Å². The highest BCUT2D eigenvalue weighted by Crippen LogP contribution is 2.39. The molecule has 0 fully saturated rings.